The van der Waals surface area contributed by atoms with Gasteiger partial charge in [-0.1, -0.05) is 61.8 Å². The third-order valence-electron chi connectivity index (χ3n) is 5.85. The molecule has 0 aromatic heterocycles. The van der Waals surface area contributed by atoms with Gasteiger partial charge >= 0.3 is 0 Å². The molecule has 1 amide bonds. The van der Waals surface area contributed by atoms with Gasteiger partial charge in [-0.25, -0.2) is 0 Å². The lowest BCUT2D eigenvalue weighted by molar-refractivity contribution is -0.132. The number of halogens is 1. The zero-order valence-corrected chi connectivity index (χ0v) is 20.0. The Bertz CT molecular complexity index is 1270. The Hall–Kier alpha value is -3.57. The molecule has 0 bridgehead atoms. The van der Waals surface area contributed by atoms with Crippen LogP contribution in [0.2, 0.25) is 5.02 Å². The molecule has 0 spiro atoms. The van der Waals surface area contributed by atoms with Crippen molar-refractivity contribution in [1.29, 1.82) is 0 Å². The molecule has 174 valence electrons. The number of hydrogen-bond donors (Lipinski definition) is 1. The largest absolute Gasteiger partial charge is 0.507 e. The molecule has 1 aliphatic rings. The van der Waals surface area contributed by atoms with Gasteiger partial charge in [0.15, 0.2) is 0 Å². The Morgan fingerprint density at radius 3 is 2.41 bits per heavy atom. The van der Waals surface area contributed by atoms with Crippen LogP contribution in [0.3, 0.4) is 0 Å². The number of aliphatic hydroxyl groups is 1. The van der Waals surface area contributed by atoms with Gasteiger partial charge in [0.25, 0.3) is 11.7 Å². The van der Waals surface area contributed by atoms with Gasteiger partial charge in [-0.15, -0.1) is 0 Å². The molecular weight excluding hydrogens is 450 g/mol. The van der Waals surface area contributed by atoms with E-state index in [9.17, 15) is 14.7 Å². The van der Waals surface area contributed by atoms with E-state index in [1.807, 2.05) is 57.2 Å². The van der Waals surface area contributed by atoms with Crippen LogP contribution in [0.1, 0.15) is 49.4 Å². The number of hydrogen-bond acceptors (Lipinski definition) is 4. The first-order valence-electron chi connectivity index (χ1n) is 11.2. The quantitative estimate of drug-likeness (QED) is 0.251. The number of carbonyl (C=O) groups is 2. The van der Waals surface area contributed by atoms with Crippen molar-refractivity contribution in [2.75, 3.05) is 11.5 Å². The highest BCUT2D eigenvalue weighted by atomic mass is 35.5. The molecule has 1 saturated heterocycles. The lowest BCUT2D eigenvalue weighted by atomic mass is 9.93. The number of aliphatic hydroxyl groups excluding tert-OH is 1. The van der Waals surface area contributed by atoms with E-state index in [0.29, 0.717) is 28.4 Å². The van der Waals surface area contributed by atoms with Crippen molar-refractivity contribution >= 4 is 34.7 Å². The van der Waals surface area contributed by atoms with Crippen molar-refractivity contribution in [2.45, 2.75) is 32.7 Å². The van der Waals surface area contributed by atoms with E-state index in [4.69, 9.17) is 16.3 Å². The second-order valence-electron chi connectivity index (χ2n) is 8.40. The molecule has 3 aromatic rings. The predicted octanol–water partition coefficient (Wildman–Crippen LogP) is 6.49. The standard InChI is InChI=1S/C28H26ClNO4/c1-4-34-23-14-13-19(15-22(23)17(2)3)26(31)24-25(18-9-6-5-7-10-18)30(28(33)27(24)32)21-12-8-11-20(29)16-21/h5-17,25,31H,4H2,1-3H3/b26-24-. The van der Waals surface area contributed by atoms with Gasteiger partial charge in [0.05, 0.1) is 18.2 Å². The molecule has 1 atom stereocenters. The summed E-state index contributed by atoms with van der Waals surface area (Å²) in [5.41, 5.74) is 2.59. The molecule has 6 heteroatoms. The van der Waals surface area contributed by atoms with Gasteiger partial charge in [0.1, 0.15) is 11.5 Å². The van der Waals surface area contributed by atoms with E-state index in [0.717, 1.165) is 11.3 Å². The maximum atomic E-state index is 13.3. The van der Waals surface area contributed by atoms with E-state index in [1.54, 1.807) is 36.4 Å². The number of ketones is 1. The minimum absolute atomic E-state index is 0.0371. The topological polar surface area (TPSA) is 66.8 Å². The van der Waals surface area contributed by atoms with E-state index in [-0.39, 0.29) is 17.3 Å². The van der Waals surface area contributed by atoms with Crippen molar-refractivity contribution in [3.05, 3.63) is 100 Å². The fourth-order valence-corrected chi connectivity index (χ4v) is 4.45. The molecule has 0 radical (unpaired) electrons. The van der Waals surface area contributed by atoms with Crippen LogP contribution in [-0.4, -0.2) is 23.4 Å². The number of rotatable bonds is 6. The van der Waals surface area contributed by atoms with Crippen LogP contribution in [0.4, 0.5) is 5.69 Å². The van der Waals surface area contributed by atoms with Crippen molar-refractivity contribution in [3.63, 3.8) is 0 Å². The van der Waals surface area contributed by atoms with Crippen LogP contribution < -0.4 is 9.64 Å². The third kappa shape index (κ3) is 4.31. The first-order chi connectivity index (χ1) is 16.3. The molecule has 34 heavy (non-hydrogen) atoms. The maximum absolute atomic E-state index is 13.3. The number of nitrogens with zero attached hydrogens (tertiary/aromatic N) is 1. The first-order valence-corrected chi connectivity index (χ1v) is 11.6. The molecule has 0 saturated carbocycles. The van der Waals surface area contributed by atoms with Gasteiger partial charge in [-0.3, -0.25) is 14.5 Å². The van der Waals surface area contributed by atoms with Crippen molar-refractivity contribution in [3.8, 4) is 5.75 Å². The maximum Gasteiger partial charge on any atom is 0.300 e. The summed E-state index contributed by atoms with van der Waals surface area (Å²) in [6.07, 6.45) is 0. The summed E-state index contributed by atoms with van der Waals surface area (Å²) in [6, 6.07) is 20.5. The van der Waals surface area contributed by atoms with Crippen molar-refractivity contribution < 1.29 is 19.4 Å². The molecule has 1 aliphatic heterocycles. The van der Waals surface area contributed by atoms with Gasteiger partial charge in [0, 0.05) is 16.3 Å². The summed E-state index contributed by atoms with van der Waals surface area (Å²) in [4.78, 5) is 27.9. The van der Waals surface area contributed by atoms with Crippen LogP contribution in [0.5, 0.6) is 5.75 Å². The number of ether oxygens (including phenoxy) is 1. The van der Waals surface area contributed by atoms with Gasteiger partial charge in [-0.2, -0.15) is 0 Å². The zero-order chi connectivity index (χ0) is 24.4. The van der Waals surface area contributed by atoms with Crippen LogP contribution in [0.15, 0.2) is 78.4 Å². The molecule has 5 nitrogen and oxygen atoms in total. The molecule has 1 N–H and O–H groups in total. The molecule has 1 fully saturated rings. The van der Waals surface area contributed by atoms with E-state index in [1.165, 1.54) is 4.90 Å². The minimum Gasteiger partial charge on any atom is -0.507 e. The number of benzene rings is 3. The number of Topliss-reactive ketones (excluding diaryl/α,β-unsaturated/α-hetero) is 1. The lowest BCUT2D eigenvalue weighted by Gasteiger charge is -2.25. The van der Waals surface area contributed by atoms with Crippen LogP contribution in [0.25, 0.3) is 5.76 Å². The normalized spacial score (nSPS) is 17.4. The zero-order valence-electron chi connectivity index (χ0n) is 19.3. The molecule has 4 rings (SSSR count). The lowest BCUT2D eigenvalue weighted by Crippen LogP contribution is -2.29. The predicted molar refractivity (Wildman–Crippen MR) is 134 cm³/mol. The Kier molecular flexibility index (Phi) is 6.75. The number of anilines is 1. The highest BCUT2D eigenvalue weighted by molar-refractivity contribution is 6.51. The molecule has 3 aromatic carbocycles. The Morgan fingerprint density at radius 1 is 1.03 bits per heavy atom. The Labute approximate surface area is 204 Å². The van der Waals surface area contributed by atoms with Crippen LogP contribution in [0, 0.1) is 0 Å². The molecule has 1 unspecified atom stereocenters. The molecule has 1 heterocycles. The van der Waals surface area contributed by atoms with Crippen LogP contribution in [-0.2, 0) is 9.59 Å². The first kappa shape index (κ1) is 23.6. The van der Waals surface area contributed by atoms with E-state index >= 15 is 0 Å². The average Bonchev–Trinajstić information content (AvgIpc) is 3.10. The minimum atomic E-state index is -0.797. The average molecular weight is 476 g/mol. The second kappa shape index (κ2) is 9.74. The summed E-state index contributed by atoms with van der Waals surface area (Å²) >= 11 is 6.19. The second-order valence-corrected chi connectivity index (χ2v) is 8.84. The highest BCUT2D eigenvalue weighted by Gasteiger charge is 2.47. The fourth-order valence-electron chi connectivity index (χ4n) is 4.26. The molecular formula is C28H26ClNO4. The fraction of sp³-hybridized carbons (Fsp3) is 0.214. The van der Waals surface area contributed by atoms with Crippen LogP contribution >= 0.6 is 11.6 Å². The smallest absolute Gasteiger partial charge is 0.300 e. The van der Waals surface area contributed by atoms with Crippen molar-refractivity contribution in [2.24, 2.45) is 0 Å². The summed E-state index contributed by atoms with van der Waals surface area (Å²) in [5.74, 6) is -0.818. The summed E-state index contributed by atoms with van der Waals surface area (Å²) in [6.45, 7) is 6.49. The third-order valence-corrected chi connectivity index (χ3v) is 6.09. The number of amides is 1. The monoisotopic (exact) mass is 475 g/mol. The summed E-state index contributed by atoms with van der Waals surface area (Å²) in [7, 11) is 0. The highest BCUT2D eigenvalue weighted by Crippen LogP contribution is 2.43. The summed E-state index contributed by atoms with van der Waals surface area (Å²) < 4.78 is 5.73. The summed E-state index contributed by atoms with van der Waals surface area (Å²) in [5, 5.41) is 11.8. The van der Waals surface area contributed by atoms with E-state index in [2.05, 4.69) is 0 Å². The Morgan fingerprint density at radius 2 is 1.76 bits per heavy atom. The molecule has 0 aliphatic carbocycles. The van der Waals surface area contributed by atoms with E-state index < -0.39 is 17.7 Å². The van der Waals surface area contributed by atoms with Gasteiger partial charge in [-0.05, 0) is 60.4 Å². The SMILES string of the molecule is CCOc1ccc(/C(O)=C2/C(=O)C(=O)N(c3cccc(Cl)c3)C2c2ccccc2)cc1C(C)C. The van der Waals surface area contributed by atoms with Crippen molar-refractivity contribution in [1.82, 2.24) is 0 Å². The van der Waals surface area contributed by atoms with Gasteiger partial charge < -0.3 is 9.84 Å². The Balaban J connectivity index is 1.92. The number of carbonyl (C=O) groups excluding carboxylic acids is 2. The van der Waals surface area contributed by atoms with Gasteiger partial charge in [0.2, 0.25) is 0 Å².